The Labute approximate surface area is 133 Å². The summed E-state index contributed by atoms with van der Waals surface area (Å²) in [4.78, 5) is 15.3. The average molecular weight is 311 g/mol. The number of rotatable bonds is 4. The van der Waals surface area contributed by atoms with Crippen LogP contribution in [0.1, 0.15) is 11.1 Å². The van der Waals surface area contributed by atoms with Crippen LogP contribution in [0.5, 0.6) is 17.2 Å². The number of hydrogen-bond donors (Lipinski definition) is 2. The van der Waals surface area contributed by atoms with Crippen molar-refractivity contribution in [3.63, 3.8) is 0 Å². The molecule has 0 atom stereocenters. The van der Waals surface area contributed by atoms with Gasteiger partial charge in [0.2, 0.25) is 5.43 Å². The molecule has 2 aliphatic rings. The summed E-state index contributed by atoms with van der Waals surface area (Å²) in [5, 5.41) is 9.90. The van der Waals surface area contributed by atoms with Gasteiger partial charge in [0, 0.05) is 18.0 Å². The minimum atomic E-state index is -0.138. The maximum atomic E-state index is 12.3. The summed E-state index contributed by atoms with van der Waals surface area (Å²) in [6.45, 7) is 0. The molecule has 1 aliphatic carbocycles. The Morgan fingerprint density at radius 1 is 1.00 bits per heavy atom. The number of phenols is 1. The van der Waals surface area contributed by atoms with Crippen molar-refractivity contribution in [1.82, 2.24) is 4.98 Å². The summed E-state index contributed by atoms with van der Waals surface area (Å²) in [5.74, 6) is 0.857. The van der Waals surface area contributed by atoms with E-state index in [2.05, 4.69) is 4.98 Å². The van der Waals surface area contributed by atoms with E-state index in [1.165, 1.54) is 14.2 Å². The number of H-pyrrole nitrogens is 1. The van der Waals surface area contributed by atoms with E-state index < -0.39 is 0 Å². The highest BCUT2D eigenvalue weighted by molar-refractivity contribution is 5.70. The van der Waals surface area contributed by atoms with E-state index in [9.17, 15) is 9.90 Å². The lowest BCUT2D eigenvalue weighted by Crippen LogP contribution is -2.10. The van der Waals surface area contributed by atoms with E-state index in [0.717, 1.165) is 16.7 Å². The SMILES string of the molecule is COc1ccc(Cc2c[nH]cc3c(=O)c(OC)ccc2-3)cc1O. The Balaban J connectivity index is 2.02. The van der Waals surface area contributed by atoms with Crippen LogP contribution in [-0.4, -0.2) is 24.3 Å². The third kappa shape index (κ3) is 2.73. The maximum Gasteiger partial charge on any atom is 0.229 e. The van der Waals surface area contributed by atoms with Crippen molar-refractivity contribution in [2.75, 3.05) is 14.2 Å². The zero-order chi connectivity index (χ0) is 16.4. The standard InChI is InChI=1S/C18H17NO4/c1-22-16-5-3-11(8-15(16)20)7-12-9-19-10-14-13(12)4-6-17(23-2)18(14)21/h3-6,8-10,19-20H,7H2,1-2H3. The highest BCUT2D eigenvalue weighted by Crippen LogP contribution is 2.30. The first-order valence-electron chi connectivity index (χ1n) is 7.16. The second-order valence-electron chi connectivity index (χ2n) is 5.22. The van der Waals surface area contributed by atoms with E-state index in [1.807, 2.05) is 18.3 Å². The zero-order valence-corrected chi connectivity index (χ0v) is 12.9. The van der Waals surface area contributed by atoms with E-state index in [-0.39, 0.29) is 11.2 Å². The van der Waals surface area contributed by atoms with E-state index in [1.54, 1.807) is 24.4 Å². The molecule has 0 spiro atoms. The van der Waals surface area contributed by atoms with Crippen LogP contribution in [-0.2, 0) is 6.42 Å². The molecule has 2 N–H and O–H groups in total. The van der Waals surface area contributed by atoms with Crippen LogP contribution in [0.25, 0.3) is 11.1 Å². The van der Waals surface area contributed by atoms with Crippen molar-refractivity contribution >= 4 is 0 Å². The largest absolute Gasteiger partial charge is 0.504 e. The third-order valence-electron chi connectivity index (χ3n) is 3.85. The number of ether oxygens (including phenoxy) is 2. The molecular formula is C18H17NO4. The first-order chi connectivity index (χ1) is 11.1. The van der Waals surface area contributed by atoms with Crippen LogP contribution in [0.2, 0.25) is 0 Å². The summed E-state index contributed by atoms with van der Waals surface area (Å²) in [7, 11) is 2.99. The third-order valence-corrected chi connectivity index (χ3v) is 3.85. The second-order valence-corrected chi connectivity index (χ2v) is 5.22. The molecule has 0 unspecified atom stereocenters. The van der Waals surface area contributed by atoms with E-state index in [0.29, 0.717) is 23.5 Å². The molecule has 1 aromatic carbocycles. The fraction of sp³-hybridized carbons (Fsp3) is 0.167. The van der Waals surface area contributed by atoms with Gasteiger partial charge in [0.1, 0.15) is 0 Å². The number of benzene rings is 2. The fourth-order valence-corrected chi connectivity index (χ4v) is 2.68. The number of fused-ring (bicyclic) bond motifs is 1. The molecule has 23 heavy (non-hydrogen) atoms. The van der Waals surface area contributed by atoms with Gasteiger partial charge in [-0.05, 0) is 41.3 Å². The summed E-state index contributed by atoms with van der Waals surface area (Å²) in [5.41, 5.74) is 3.20. The normalized spacial score (nSPS) is 10.7. The predicted molar refractivity (Wildman–Crippen MR) is 87.7 cm³/mol. The molecule has 0 saturated carbocycles. The van der Waals surface area contributed by atoms with Gasteiger partial charge in [-0.1, -0.05) is 12.1 Å². The fourth-order valence-electron chi connectivity index (χ4n) is 2.68. The lowest BCUT2D eigenvalue weighted by Gasteiger charge is -2.13. The smallest absolute Gasteiger partial charge is 0.229 e. The minimum absolute atomic E-state index is 0.0976. The van der Waals surface area contributed by atoms with Crippen LogP contribution in [0.4, 0.5) is 0 Å². The topological polar surface area (TPSA) is 71.6 Å². The Kier molecular flexibility index (Phi) is 3.93. The molecule has 0 saturated heterocycles. The first-order valence-corrected chi connectivity index (χ1v) is 7.16. The Bertz CT molecular complexity index is 869. The lowest BCUT2D eigenvalue weighted by atomic mass is 9.95. The summed E-state index contributed by atoms with van der Waals surface area (Å²) in [6, 6.07) is 8.83. The van der Waals surface area contributed by atoms with Crippen molar-refractivity contribution in [2.45, 2.75) is 6.42 Å². The minimum Gasteiger partial charge on any atom is -0.504 e. The van der Waals surface area contributed by atoms with Gasteiger partial charge in [0.05, 0.1) is 14.2 Å². The molecule has 0 aromatic heterocycles. The molecule has 3 rings (SSSR count). The predicted octanol–water partition coefficient (Wildman–Crippen LogP) is 2.79. The Morgan fingerprint density at radius 3 is 2.43 bits per heavy atom. The van der Waals surface area contributed by atoms with Crippen LogP contribution < -0.4 is 14.9 Å². The number of aromatic hydroxyl groups is 1. The quantitative estimate of drug-likeness (QED) is 0.777. The van der Waals surface area contributed by atoms with Crippen molar-refractivity contribution in [3.8, 4) is 28.4 Å². The molecule has 0 radical (unpaired) electrons. The average Bonchev–Trinajstić information content (AvgIpc) is 2.56. The van der Waals surface area contributed by atoms with Crippen molar-refractivity contribution in [3.05, 3.63) is 64.1 Å². The highest BCUT2D eigenvalue weighted by Gasteiger charge is 2.15. The number of nitrogens with one attached hydrogen (secondary N) is 1. The number of aromatic amines is 1. The van der Waals surface area contributed by atoms with Gasteiger partial charge in [-0.15, -0.1) is 0 Å². The molecule has 0 bridgehead atoms. The molecule has 5 heteroatoms. The van der Waals surface area contributed by atoms with Gasteiger partial charge >= 0.3 is 0 Å². The van der Waals surface area contributed by atoms with Crippen LogP contribution in [0.3, 0.4) is 0 Å². The summed E-state index contributed by atoms with van der Waals surface area (Å²) >= 11 is 0. The number of aromatic nitrogens is 1. The molecule has 5 nitrogen and oxygen atoms in total. The molecule has 1 aromatic rings. The van der Waals surface area contributed by atoms with Crippen molar-refractivity contribution in [1.29, 1.82) is 0 Å². The first kappa shape index (κ1) is 15.0. The molecule has 1 heterocycles. The van der Waals surface area contributed by atoms with E-state index >= 15 is 0 Å². The van der Waals surface area contributed by atoms with Crippen LogP contribution >= 0.6 is 0 Å². The Morgan fingerprint density at radius 2 is 1.74 bits per heavy atom. The number of phenolic OH excluding ortho intramolecular Hbond substituents is 1. The van der Waals surface area contributed by atoms with Crippen LogP contribution in [0.15, 0.2) is 47.5 Å². The summed E-state index contributed by atoms with van der Waals surface area (Å²) < 4.78 is 10.1. The van der Waals surface area contributed by atoms with Gasteiger partial charge in [-0.25, -0.2) is 0 Å². The van der Waals surface area contributed by atoms with Gasteiger partial charge < -0.3 is 19.6 Å². The summed E-state index contributed by atoms with van der Waals surface area (Å²) in [6.07, 6.45) is 4.11. The number of methoxy groups -OCH3 is 2. The molecule has 1 aliphatic heterocycles. The molecule has 0 fully saturated rings. The molecular weight excluding hydrogens is 294 g/mol. The highest BCUT2D eigenvalue weighted by atomic mass is 16.5. The van der Waals surface area contributed by atoms with E-state index in [4.69, 9.17) is 9.47 Å². The van der Waals surface area contributed by atoms with Crippen molar-refractivity contribution < 1.29 is 14.6 Å². The Hall–Kier alpha value is -2.95. The maximum absolute atomic E-state index is 12.3. The van der Waals surface area contributed by atoms with Gasteiger partial charge in [0.25, 0.3) is 0 Å². The number of pyridine rings is 1. The van der Waals surface area contributed by atoms with Gasteiger partial charge in [0.15, 0.2) is 17.2 Å². The van der Waals surface area contributed by atoms with Gasteiger partial charge in [-0.3, -0.25) is 4.79 Å². The van der Waals surface area contributed by atoms with Crippen LogP contribution in [0, 0.1) is 0 Å². The molecule has 118 valence electrons. The van der Waals surface area contributed by atoms with Gasteiger partial charge in [-0.2, -0.15) is 0 Å². The monoisotopic (exact) mass is 311 g/mol. The molecule has 0 amide bonds. The zero-order valence-electron chi connectivity index (χ0n) is 12.9. The van der Waals surface area contributed by atoms with Crippen molar-refractivity contribution in [2.24, 2.45) is 0 Å². The lowest BCUT2D eigenvalue weighted by molar-refractivity contribution is 0.373. The second kappa shape index (κ2) is 6.04. The number of hydrogen-bond acceptors (Lipinski definition) is 4.